The van der Waals surface area contributed by atoms with Crippen LogP contribution in [0, 0.1) is 5.92 Å². The van der Waals surface area contributed by atoms with Crippen molar-refractivity contribution in [3.8, 4) is 11.3 Å². The van der Waals surface area contributed by atoms with Gasteiger partial charge in [-0.2, -0.15) is 5.10 Å². The summed E-state index contributed by atoms with van der Waals surface area (Å²) >= 11 is 0. The van der Waals surface area contributed by atoms with E-state index in [1.54, 1.807) is 13.1 Å². The molecular formula is C24H24N6O2. The van der Waals surface area contributed by atoms with Gasteiger partial charge in [0.15, 0.2) is 0 Å². The van der Waals surface area contributed by atoms with Crippen molar-refractivity contribution in [1.29, 1.82) is 0 Å². The number of carbonyl (C=O) groups is 1. The molecule has 32 heavy (non-hydrogen) atoms. The minimum Gasteiger partial charge on any atom is -0.354 e. The van der Waals surface area contributed by atoms with Gasteiger partial charge >= 0.3 is 0 Å². The third-order valence-electron chi connectivity index (χ3n) is 5.89. The number of hydrogen-bond acceptors (Lipinski definition) is 5. The minimum atomic E-state index is -0.170. The van der Waals surface area contributed by atoms with E-state index >= 15 is 0 Å². The van der Waals surface area contributed by atoms with Gasteiger partial charge in [0.1, 0.15) is 11.5 Å². The van der Waals surface area contributed by atoms with Crippen LogP contribution in [0.15, 0.2) is 71.8 Å². The van der Waals surface area contributed by atoms with Gasteiger partial charge in [-0.3, -0.25) is 9.59 Å². The number of hydrogen-bond donors (Lipinski definition) is 1. The summed E-state index contributed by atoms with van der Waals surface area (Å²) < 4.78 is 3.29. The average molecular weight is 428 g/mol. The Labute approximate surface area is 185 Å². The van der Waals surface area contributed by atoms with Gasteiger partial charge in [-0.1, -0.05) is 24.3 Å². The van der Waals surface area contributed by atoms with Crippen molar-refractivity contribution in [2.75, 3.05) is 23.3 Å². The first-order valence-corrected chi connectivity index (χ1v) is 10.7. The van der Waals surface area contributed by atoms with E-state index in [1.807, 2.05) is 59.3 Å². The number of para-hydroxylation sites is 1. The Morgan fingerprint density at radius 2 is 1.94 bits per heavy atom. The number of aryl methyl sites for hydroxylation is 1. The van der Waals surface area contributed by atoms with Crippen LogP contribution in [-0.4, -0.2) is 38.2 Å². The Balaban J connectivity index is 1.36. The molecule has 162 valence electrons. The third kappa shape index (κ3) is 3.87. The molecule has 0 bridgehead atoms. The third-order valence-corrected chi connectivity index (χ3v) is 5.89. The molecule has 0 aliphatic carbocycles. The van der Waals surface area contributed by atoms with E-state index in [1.165, 1.54) is 10.7 Å². The van der Waals surface area contributed by atoms with Crippen LogP contribution < -0.4 is 15.8 Å². The van der Waals surface area contributed by atoms with E-state index in [0.29, 0.717) is 6.54 Å². The predicted molar refractivity (Wildman–Crippen MR) is 124 cm³/mol. The van der Waals surface area contributed by atoms with Crippen LogP contribution in [0.3, 0.4) is 0 Å². The molecule has 3 aromatic heterocycles. The highest BCUT2D eigenvalue weighted by atomic mass is 16.2. The van der Waals surface area contributed by atoms with Crippen molar-refractivity contribution in [3.63, 3.8) is 0 Å². The van der Waals surface area contributed by atoms with Crippen molar-refractivity contribution in [2.24, 2.45) is 13.0 Å². The number of benzene rings is 1. The lowest BCUT2D eigenvalue weighted by molar-refractivity contribution is -0.120. The molecule has 5 rings (SSSR count). The molecular weight excluding hydrogens is 404 g/mol. The first kappa shape index (κ1) is 20.0. The topological polar surface area (TPSA) is 84.5 Å². The van der Waals surface area contributed by atoms with Gasteiger partial charge in [0.2, 0.25) is 5.91 Å². The molecule has 8 heteroatoms. The van der Waals surface area contributed by atoms with Crippen LogP contribution in [0.5, 0.6) is 0 Å². The number of pyridine rings is 1. The second-order valence-corrected chi connectivity index (χ2v) is 8.07. The van der Waals surface area contributed by atoms with Crippen LogP contribution in [0.25, 0.3) is 16.9 Å². The SMILES string of the molecule is Cn1nc(N2CCCC(C(=O)Nc3ccccc3-c3cn4ccccc4n3)C2)ccc1=O. The summed E-state index contributed by atoms with van der Waals surface area (Å²) in [5.41, 5.74) is 3.15. The van der Waals surface area contributed by atoms with E-state index < -0.39 is 0 Å². The zero-order chi connectivity index (χ0) is 22.1. The second-order valence-electron chi connectivity index (χ2n) is 8.07. The average Bonchev–Trinajstić information content (AvgIpc) is 3.25. The van der Waals surface area contributed by atoms with Crippen molar-refractivity contribution in [2.45, 2.75) is 12.8 Å². The molecule has 0 saturated carbocycles. The Bertz CT molecular complexity index is 1310. The van der Waals surface area contributed by atoms with E-state index in [-0.39, 0.29) is 17.4 Å². The van der Waals surface area contributed by atoms with Gasteiger partial charge in [0.25, 0.3) is 5.56 Å². The maximum atomic E-state index is 13.2. The molecule has 1 N–H and O–H groups in total. The maximum Gasteiger partial charge on any atom is 0.266 e. The van der Waals surface area contributed by atoms with Crippen molar-refractivity contribution < 1.29 is 4.79 Å². The lowest BCUT2D eigenvalue weighted by Crippen LogP contribution is -2.41. The van der Waals surface area contributed by atoms with Crippen molar-refractivity contribution in [3.05, 3.63) is 77.3 Å². The molecule has 1 aromatic carbocycles. The molecule has 8 nitrogen and oxygen atoms in total. The first-order valence-electron chi connectivity index (χ1n) is 10.7. The Kier molecular flexibility index (Phi) is 5.18. The number of nitrogens with zero attached hydrogens (tertiary/aromatic N) is 5. The van der Waals surface area contributed by atoms with Crippen LogP contribution in [0.1, 0.15) is 12.8 Å². The molecule has 1 unspecified atom stereocenters. The molecule has 0 radical (unpaired) electrons. The molecule has 1 atom stereocenters. The van der Waals surface area contributed by atoms with Gasteiger partial charge in [-0.25, -0.2) is 9.67 Å². The maximum absolute atomic E-state index is 13.2. The summed E-state index contributed by atoms with van der Waals surface area (Å²) in [5, 5.41) is 7.46. The molecule has 4 aromatic rings. The molecule has 0 spiro atoms. The standard InChI is InChI=1S/C24H24N6O2/c1-28-23(31)12-11-22(27-28)29-14-6-7-17(15-29)24(32)26-19-9-3-2-8-18(19)20-16-30-13-5-4-10-21(30)25-20/h2-5,8-13,16-17H,6-7,14-15H2,1H3,(H,26,32). The fraction of sp³-hybridized carbons (Fsp3) is 0.250. The van der Waals surface area contributed by atoms with Crippen molar-refractivity contribution in [1.82, 2.24) is 19.2 Å². The summed E-state index contributed by atoms with van der Waals surface area (Å²) in [5.74, 6) is 0.530. The summed E-state index contributed by atoms with van der Waals surface area (Å²) in [6, 6.07) is 16.8. The normalized spacial score (nSPS) is 16.3. The number of imidazole rings is 1. The summed E-state index contributed by atoms with van der Waals surface area (Å²) in [7, 11) is 1.64. The molecule has 4 heterocycles. The second kappa shape index (κ2) is 8.30. The number of anilines is 2. The highest BCUT2D eigenvalue weighted by Crippen LogP contribution is 2.29. The van der Waals surface area contributed by atoms with E-state index in [4.69, 9.17) is 4.98 Å². The number of fused-ring (bicyclic) bond motifs is 1. The van der Waals surface area contributed by atoms with Gasteiger partial charge in [-0.15, -0.1) is 0 Å². The van der Waals surface area contributed by atoms with E-state index in [9.17, 15) is 9.59 Å². The van der Waals surface area contributed by atoms with E-state index in [0.717, 1.165) is 47.8 Å². The Morgan fingerprint density at radius 3 is 2.78 bits per heavy atom. The fourth-order valence-corrected chi connectivity index (χ4v) is 4.17. The fourth-order valence-electron chi connectivity index (χ4n) is 4.17. The van der Waals surface area contributed by atoms with Crippen LogP contribution >= 0.6 is 0 Å². The number of piperidine rings is 1. The van der Waals surface area contributed by atoms with Crippen LogP contribution in [0.2, 0.25) is 0 Å². The Morgan fingerprint density at radius 1 is 1.09 bits per heavy atom. The molecule has 1 fully saturated rings. The van der Waals surface area contributed by atoms with Gasteiger partial charge in [0, 0.05) is 44.2 Å². The van der Waals surface area contributed by atoms with Gasteiger partial charge in [0.05, 0.1) is 17.3 Å². The number of carbonyl (C=O) groups excluding carboxylic acids is 1. The van der Waals surface area contributed by atoms with Gasteiger partial charge < -0.3 is 14.6 Å². The van der Waals surface area contributed by atoms with Crippen molar-refractivity contribution >= 4 is 23.1 Å². The van der Waals surface area contributed by atoms with Gasteiger partial charge in [-0.05, 0) is 37.1 Å². The van der Waals surface area contributed by atoms with E-state index in [2.05, 4.69) is 15.3 Å². The quantitative estimate of drug-likeness (QED) is 0.540. The zero-order valence-corrected chi connectivity index (χ0v) is 17.8. The summed E-state index contributed by atoms with van der Waals surface area (Å²) in [6.07, 6.45) is 5.62. The number of rotatable bonds is 4. The zero-order valence-electron chi connectivity index (χ0n) is 17.8. The largest absolute Gasteiger partial charge is 0.354 e. The van der Waals surface area contributed by atoms with Crippen LogP contribution in [-0.2, 0) is 11.8 Å². The summed E-state index contributed by atoms with van der Waals surface area (Å²) in [6.45, 7) is 1.38. The lowest BCUT2D eigenvalue weighted by atomic mass is 9.96. The molecule has 1 aliphatic heterocycles. The monoisotopic (exact) mass is 428 g/mol. The summed E-state index contributed by atoms with van der Waals surface area (Å²) in [4.78, 5) is 31.6. The van der Waals surface area contributed by atoms with Crippen LogP contribution in [0.4, 0.5) is 11.5 Å². The highest BCUT2D eigenvalue weighted by molar-refractivity contribution is 5.97. The highest BCUT2D eigenvalue weighted by Gasteiger charge is 2.27. The smallest absolute Gasteiger partial charge is 0.266 e. The number of nitrogens with one attached hydrogen (secondary N) is 1. The first-order chi connectivity index (χ1) is 15.6. The molecule has 1 saturated heterocycles. The Hall–Kier alpha value is -3.94. The minimum absolute atomic E-state index is 0.0178. The molecule has 1 amide bonds. The lowest BCUT2D eigenvalue weighted by Gasteiger charge is -2.32. The predicted octanol–water partition coefficient (Wildman–Crippen LogP) is 2.95. The molecule has 1 aliphatic rings. The number of aromatic nitrogens is 4. The number of amides is 1.